The zero-order chi connectivity index (χ0) is 12.1. The largest absolute Gasteiger partial charge is 0.481 e. The van der Waals surface area contributed by atoms with Crippen LogP contribution in [0.25, 0.3) is 0 Å². The third-order valence-corrected chi connectivity index (χ3v) is 3.00. The first-order chi connectivity index (χ1) is 8.24. The van der Waals surface area contributed by atoms with Crippen molar-refractivity contribution >= 4 is 5.97 Å². The first-order valence-corrected chi connectivity index (χ1v) is 6.03. The van der Waals surface area contributed by atoms with E-state index in [2.05, 4.69) is 4.90 Å². The highest BCUT2D eigenvalue weighted by Crippen LogP contribution is 2.17. The molecular weight excluding hydrogens is 226 g/mol. The number of hydrogen-bond donors (Lipinski definition) is 1. The summed E-state index contributed by atoms with van der Waals surface area (Å²) in [5.41, 5.74) is 0. The minimum Gasteiger partial charge on any atom is -0.481 e. The Morgan fingerprint density at radius 2 is 2.12 bits per heavy atom. The summed E-state index contributed by atoms with van der Waals surface area (Å²) < 4.78 is 16.2. The van der Waals surface area contributed by atoms with Crippen LogP contribution in [0, 0.1) is 0 Å². The van der Waals surface area contributed by atoms with Gasteiger partial charge in [-0.15, -0.1) is 0 Å². The van der Waals surface area contributed by atoms with Crippen LogP contribution < -0.4 is 0 Å². The van der Waals surface area contributed by atoms with E-state index in [1.807, 2.05) is 0 Å². The molecule has 0 bridgehead atoms. The van der Waals surface area contributed by atoms with Crippen molar-refractivity contribution in [3.63, 3.8) is 0 Å². The normalized spacial score (nSPS) is 30.6. The second-order valence-electron chi connectivity index (χ2n) is 4.36. The fraction of sp³-hybridized carbons (Fsp3) is 0.909. The summed E-state index contributed by atoms with van der Waals surface area (Å²) in [6.07, 6.45) is 0.272. The maximum atomic E-state index is 10.5. The first kappa shape index (κ1) is 12.8. The second-order valence-corrected chi connectivity index (χ2v) is 4.36. The predicted molar refractivity (Wildman–Crippen MR) is 58.7 cm³/mol. The Labute approximate surface area is 100 Å². The zero-order valence-corrected chi connectivity index (χ0v) is 9.84. The van der Waals surface area contributed by atoms with Crippen molar-refractivity contribution in [2.24, 2.45) is 0 Å². The van der Waals surface area contributed by atoms with Crippen LogP contribution in [0.5, 0.6) is 0 Å². The molecule has 0 aliphatic carbocycles. The molecule has 2 saturated heterocycles. The molecule has 0 spiro atoms. The van der Waals surface area contributed by atoms with Gasteiger partial charge in [0, 0.05) is 26.1 Å². The van der Waals surface area contributed by atoms with Crippen LogP contribution in [0.3, 0.4) is 0 Å². The quantitative estimate of drug-likeness (QED) is 0.731. The Kier molecular flexibility index (Phi) is 4.73. The van der Waals surface area contributed by atoms with Crippen molar-refractivity contribution in [3.05, 3.63) is 0 Å². The number of carboxylic acid groups (broad SMARTS) is 1. The molecule has 2 aliphatic heterocycles. The highest BCUT2D eigenvalue weighted by atomic mass is 16.7. The third kappa shape index (κ3) is 4.23. The zero-order valence-electron chi connectivity index (χ0n) is 9.84. The highest BCUT2D eigenvalue weighted by Gasteiger charge is 2.28. The van der Waals surface area contributed by atoms with Crippen LogP contribution in [0.15, 0.2) is 0 Å². The van der Waals surface area contributed by atoms with E-state index >= 15 is 0 Å². The summed E-state index contributed by atoms with van der Waals surface area (Å²) in [4.78, 5) is 12.8. The molecule has 2 rings (SSSR count). The van der Waals surface area contributed by atoms with E-state index in [0.29, 0.717) is 6.61 Å². The maximum absolute atomic E-state index is 10.5. The smallest absolute Gasteiger partial charge is 0.306 e. The van der Waals surface area contributed by atoms with Crippen molar-refractivity contribution < 1.29 is 24.1 Å². The molecule has 2 fully saturated rings. The number of aliphatic carboxylic acids is 1. The van der Waals surface area contributed by atoms with Gasteiger partial charge in [-0.05, 0) is 0 Å². The predicted octanol–water partition coefficient (Wildman–Crippen LogP) is -0.0751. The molecule has 98 valence electrons. The monoisotopic (exact) mass is 245 g/mol. The SMILES string of the molecule is O=C(O)CC1COC(CCN2CCOCC2)O1. The molecule has 1 N–H and O–H groups in total. The fourth-order valence-electron chi connectivity index (χ4n) is 2.07. The molecule has 2 heterocycles. The molecule has 0 amide bonds. The molecule has 0 saturated carbocycles. The minimum atomic E-state index is -0.840. The van der Waals surface area contributed by atoms with Crippen molar-refractivity contribution in [1.29, 1.82) is 0 Å². The summed E-state index contributed by atoms with van der Waals surface area (Å²) in [7, 11) is 0. The number of ether oxygens (including phenoxy) is 3. The minimum absolute atomic E-state index is 0.0219. The molecule has 6 nitrogen and oxygen atoms in total. The first-order valence-electron chi connectivity index (χ1n) is 6.03. The fourth-order valence-corrected chi connectivity index (χ4v) is 2.07. The van der Waals surface area contributed by atoms with E-state index in [9.17, 15) is 4.79 Å². The van der Waals surface area contributed by atoms with Crippen molar-refractivity contribution in [3.8, 4) is 0 Å². The van der Waals surface area contributed by atoms with E-state index in [0.717, 1.165) is 39.3 Å². The third-order valence-electron chi connectivity index (χ3n) is 3.00. The lowest BCUT2D eigenvalue weighted by molar-refractivity contribution is -0.140. The number of rotatable bonds is 5. The molecule has 2 unspecified atom stereocenters. The molecule has 0 radical (unpaired) electrons. The summed E-state index contributed by atoms with van der Waals surface area (Å²) >= 11 is 0. The lowest BCUT2D eigenvalue weighted by atomic mass is 10.3. The molecule has 2 aliphatic rings. The van der Waals surface area contributed by atoms with Crippen LogP contribution in [0.2, 0.25) is 0 Å². The van der Waals surface area contributed by atoms with Gasteiger partial charge in [-0.2, -0.15) is 0 Å². The summed E-state index contributed by atoms with van der Waals surface area (Å²) in [6, 6.07) is 0. The molecule has 2 atom stereocenters. The van der Waals surface area contributed by atoms with E-state index in [4.69, 9.17) is 19.3 Å². The van der Waals surface area contributed by atoms with Gasteiger partial charge in [-0.1, -0.05) is 0 Å². The average Bonchev–Trinajstić information content (AvgIpc) is 2.75. The van der Waals surface area contributed by atoms with Gasteiger partial charge in [0.05, 0.1) is 32.3 Å². The van der Waals surface area contributed by atoms with Crippen LogP contribution in [0.1, 0.15) is 12.8 Å². The molecule has 6 heteroatoms. The van der Waals surface area contributed by atoms with Gasteiger partial charge in [-0.3, -0.25) is 9.69 Å². The van der Waals surface area contributed by atoms with Crippen molar-refractivity contribution in [2.45, 2.75) is 25.2 Å². The molecule has 0 aromatic rings. The Morgan fingerprint density at radius 1 is 1.35 bits per heavy atom. The van der Waals surface area contributed by atoms with Crippen LogP contribution in [0.4, 0.5) is 0 Å². The summed E-state index contributed by atoms with van der Waals surface area (Å²) in [5, 5.41) is 8.64. The van der Waals surface area contributed by atoms with Crippen LogP contribution in [-0.4, -0.2) is 67.8 Å². The van der Waals surface area contributed by atoms with Gasteiger partial charge in [0.15, 0.2) is 6.29 Å². The van der Waals surface area contributed by atoms with E-state index < -0.39 is 5.97 Å². The van der Waals surface area contributed by atoms with Gasteiger partial charge in [0.25, 0.3) is 0 Å². The number of carboxylic acids is 1. The van der Waals surface area contributed by atoms with Gasteiger partial charge >= 0.3 is 5.97 Å². The number of nitrogens with zero attached hydrogens (tertiary/aromatic N) is 1. The summed E-state index contributed by atoms with van der Waals surface area (Å²) in [5.74, 6) is -0.840. The van der Waals surface area contributed by atoms with E-state index in [-0.39, 0.29) is 18.8 Å². The highest BCUT2D eigenvalue weighted by molar-refractivity contribution is 5.67. The lowest BCUT2D eigenvalue weighted by Gasteiger charge is -2.27. The van der Waals surface area contributed by atoms with Gasteiger partial charge in [-0.25, -0.2) is 0 Å². The van der Waals surface area contributed by atoms with E-state index in [1.165, 1.54) is 0 Å². The van der Waals surface area contributed by atoms with Crippen LogP contribution in [-0.2, 0) is 19.0 Å². The van der Waals surface area contributed by atoms with E-state index in [1.54, 1.807) is 0 Å². The second kappa shape index (κ2) is 6.30. The lowest BCUT2D eigenvalue weighted by Crippen LogP contribution is -2.38. The number of hydrogen-bond acceptors (Lipinski definition) is 5. The Hall–Kier alpha value is -0.690. The van der Waals surface area contributed by atoms with Gasteiger partial charge < -0.3 is 19.3 Å². The molecule has 0 aromatic heterocycles. The number of carbonyl (C=O) groups is 1. The van der Waals surface area contributed by atoms with Gasteiger partial charge in [0.2, 0.25) is 0 Å². The average molecular weight is 245 g/mol. The van der Waals surface area contributed by atoms with Crippen molar-refractivity contribution in [2.75, 3.05) is 39.5 Å². The molecule has 17 heavy (non-hydrogen) atoms. The van der Waals surface area contributed by atoms with Crippen molar-refractivity contribution in [1.82, 2.24) is 4.90 Å². The van der Waals surface area contributed by atoms with Crippen LogP contribution >= 0.6 is 0 Å². The number of morpholine rings is 1. The summed E-state index contributed by atoms with van der Waals surface area (Å²) in [6.45, 7) is 4.77. The Bertz CT molecular complexity index is 254. The standard InChI is InChI=1S/C11H19NO5/c13-10(14)7-9-8-16-11(17-9)1-2-12-3-5-15-6-4-12/h9,11H,1-8H2,(H,13,14). The van der Waals surface area contributed by atoms with Gasteiger partial charge in [0.1, 0.15) is 0 Å². The topological polar surface area (TPSA) is 68.2 Å². The maximum Gasteiger partial charge on any atom is 0.306 e. The Morgan fingerprint density at radius 3 is 2.82 bits per heavy atom. The molecular formula is C11H19NO5. The Balaban J connectivity index is 1.62. The molecule has 0 aromatic carbocycles.